The van der Waals surface area contributed by atoms with Gasteiger partial charge in [0.25, 0.3) is 0 Å². The summed E-state index contributed by atoms with van der Waals surface area (Å²) in [6.07, 6.45) is -4.09. The molecule has 0 amide bonds. The van der Waals surface area contributed by atoms with E-state index >= 15 is 0 Å². The Balaban J connectivity index is 2.09. The molecule has 1 unspecified atom stereocenters. The molecule has 1 fully saturated rings. The molecule has 2 aromatic carbocycles. The predicted octanol–water partition coefficient (Wildman–Crippen LogP) is 4.39. The third kappa shape index (κ3) is 3.91. The van der Waals surface area contributed by atoms with Gasteiger partial charge in [0.15, 0.2) is 11.5 Å². The second-order valence-electron chi connectivity index (χ2n) is 6.50. The second-order valence-corrected chi connectivity index (χ2v) is 8.36. The summed E-state index contributed by atoms with van der Waals surface area (Å²) < 4.78 is 92.2. The van der Waals surface area contributed by atoms with E-state index in [9.17, 15) is 26.0 Å². The van der Waals surface area contributed by atoms with E-state index in [0.717, 1.165) is 22.5 Å². The smallest absolute Gasteiger partial charge is 0.416 e. The lowest BCUT2D eigenvalue weighted by atomic mass is 9.99. The summed E-state index contributed by atoms with van der Waals surface area (Å²) in [6.45, 7) is -0.0209. The zero-order valence-corrected chi connectivity index (χ0v) is 16.5. The first-order valence-corrected chi connectivity index (χ1v) is 10.1. The van der Waals surface area contributed by atoms with E-state index in [1.807, 2.05) is 0 Å². The van der Waals surface area contributed by atoms with Crippen molar-refractivity contribution < 1.29 is 35.5 Å². The molecule has 0 radical (unpaired) electrons. The van der Waals surface area contributed by atoms with Crippen molar-refractivity contribution in [1.82, 2.24) is 4.31 Å². The van der Waals surface area contributed by atoms with Crippen LogP contribution in [0.4, 0.5) is 17.6 Å². The zero-order valence-electron chi connectivity index (χ0n) is 15.7. The quantitative estimate of drug-likeness (QED) is 0.657. The van der Waals surface area contributed by atoms with Crippen LogP contribution in [0, 0.1) is 5.82 Å². The molecule has 1 atom stereocenters. The van der Waals surface area contributed by atoms with Gasteiger partial charge >= 0.3 is 6.18 Å². The molecule has 10 heteroatoms. The van der Waals surface area contributed by atoms with E-state index in [-0.39, 0.29) is 30.0 Å². The van der Waals surface area contributed by atoms with E-state index in [2.05, 4.69) is 0 Å². The summed E-state index contributed by atoms with van der Waals surface area (Å²) in [5.41, 5.74) is -1.05. The van der Waals surface area contributed by atoms with Crippen LogP contribution in [0.15, 0.2) is 41.3 Å². The van der Waals surface area contributed by atoms with Gasteiger partial charge in [0.2, 0.25) is 10.0 Å². The van der Waals surface area contributed by atoms with Crippen molar-refractivity contribution in [1.29, 1.82) is 0 Å². The highest BCUT2D eigenvalue weighted by molar-refractivity contribution is 7.89. The van der Waals surface area contributed by atoms with Crippen molar-refractivity contribution in [2.75, 3.05) is 20.8 Å². The van der Waals surface area contributed by atoms with Crippen molar-refractivity contribution in [3.8, 4) is 11.5 Å². The lowest BCUT2D eigenvalue weighted by Crippen LogP contribution is -2.32. The van der Waals surface area contributed by atoms with Crippen molar-refractivity contribution in [3.05, 3.63) is 53.3 Å². The minimum absolute atomic E-state index is 0.00101. The number of sulfonamides is 1. The average molecular weight is 433 g/mol. The van der Waals surface area contributed by atoms with Crippen LogP contribution in [-0.4, -0.2) is 33.5 Å². The number of rotatable bonds is 5. The molecule has 158 valence electrons. The lowest BCUT2D eigenvalue weighted by molar-refractivity contribution is -0.138. The molecule has 1 saturated heterocycles. The Bertz CT molecular complexity index is 1010. The lowest BCUT2D eigenvalue weighted by Gasteiger charge is -2.27. The molecular formula is C19H19F4NO4S. The summed E-state index contributed by atoms with van der Waals surface area (Å²) in [5.74, 6) is -1.07. The van der Waals surface area contributed by atoms with Crippen LogP contribution in [0.5, 0.6) is 11.5 Å². The van der Waals surface area contributed by atoms with Gasteiger partial charge in [-0.3, -0.25) is 0 Å². The maximum atomic E-state index is 14.6. The first kappa shape index (κ1) is 21.4. The van der Waals surface area contributed by atoms with Crippen LogP contribution < -0.4 is 9.47 Å². The molecule has 1 aliphatic heterocycles. The van der Waals surface area contributed by atoms with E-state index in [1.54, 1.807) is 0 Å². The third-order valence-corrected chi connectivity index (χ3v) is 6.78. The van der Waals surface area contributed by atoms with Crippen LogP contribution >= 0.6 is 0 Å². The molecule has 0 N–H and O–H groups in total. The summed E-state index contributed by atoms with van der Waals surface area (Å²) in [6, 6.07) is 5.64. The Labute approximate surface area is 165 Å². The number of alkyl halides is 3. The summed E-state index contributed by atoms with van der Waals surface area (Å²) in [5, 5.41) is 0. The number of hydrogen-bond acceptors (Lipinski definition) is 4. The fraction of sp³-hybridized carbons (Fsp3) is 0.368. The Morgan fingerprint density at radius 3 is 2.31 bits per heavy atom. The predicted molar refractivity (Wildman–Crippen MR) is 96.8 cm³/mol. The molecule has 0 bridgehead atoms. The minimum Gasteiger partial charge on any atom is -0.493 e. The van der Waals surface area contributed by atoms with Gasteiger partial charge in [0, 0.05) is 18.7 Å². The van der Waals surface area contributed by atoms with Gasteiger partial charge in [0.05, 0.1) is 25.8 Å². The Kier molecular flexibility index (Phi) is 5.77. The molecule has 29 heavy (non-hydrogen) atoms. The van der Waals surface area contributed by atoms with Gasteiger partial charge in [-0.1, -0.05) is 18.2 Å². The van der Waals surface area contributed by atoms with Gasteiger partial charge in [-0.25, -0.2) is 12.8 Å². The number of hydrogen-bond donors (Lipinski definition) is 0. The first-order valence-electron chi connectivity index (χ1n) is 8.70. The largest absolute Gasteiger partial charge is 0.493 e. The highest BCUT2D eigenvalue weighted by atomic mass is 32.2. The highest BCUT2D eigenvalue weighted by Gasteiger charge is 2.42. The third-order valence-electron chi connectivity index (χ3n) is 4.85. The van der Waals surface area contributed by atoms with Crippen molar-refractivity contribution >= 4 is 10.0 Å². The highest BCUT2D eigenvalue weighted by Crippen LogP contribution is 2.43. The number of methoxy groups -OCH3 is 2. The number of halogens is 4. The topological polar surface area (TPSA) is 55.8 Å². The summed E-state index contributed by atoms with van der Waals surface area (Å²) in [7, 11) is -1.89. The van der Waals surface area contributed by atoms with Crippen LogP contribution in [0.1, 0.15) is 30.0 Å². The molecule has 0 aliphatic carbocycles. The maximum absolute atomic E-state index is 14.6. The Hall–Kier alpha value is -2.33. The van der Waals surface area contributed by atoms with Crippen LogP contribution in [0.2, 0.25) is 0 Å². The maximum Gasteiger partial charge on any atom is 0.416 e. The average Bonchev–Trinajstić information content (AvgIpc) is 3.17. The minimum atomic E-state index is -4.64. The van der Waals surface area contributed by atoms with Gasteiger partial charge in [-0.15, -0.1) is 0 Å². The molecule has 0 spiro atoms. The summed E-state index contributed by atoms with van der Waals surface area (Å²) in [4.78, 5) is -0.675. The molecule has 0 aromatic heterocycles. The van der Waals surface area contributed by atoms with E-state index in [0.29, 0.717) is 6.42 Å². The fourth-order valence-electron chi connectivity index (χ4n) is 3.54. The van der Waals surface area contributed by atoms with Gasteiger partial charge < -0.3 is 9.47 Å². The van der Waals surface area contributed by atoms with Crippen molar-refractivity contribution in [2.24, 2.45) is 0 Å². The van der Waals surface area contributed by atoms with Gasteiger partial charge in [0.1, 0.15) is 10.7 Å². The van der Waals surface area contributed by atoms with Crippen LogP contribution in [0.3, 0.4) is 0 Å². The SMILES string of the molecule is COc1cc(F)c(S(=O)(=O)N2CCCC2c2ccccc2C(F)(F)F)cc1OC. The van der Waals surface area contributed by atoms with Gasteiger partial charge in [-0.2, -0.15) is 17.5 Å². The number of ether oxygens (including phenoxy) is 2. The molecule has 1 heterocycles. The molecule has 3 rings (SSSR count). The van der Waals surface area contributed by atoms with Crippen LogP contribution in [-0.2, 0) is 16.2 Å². The van der Waals surface area contributed by atoms with Crippen molar-refractivity contribution in [3.63, 3.8) is 0 Å². The Morgan fingerprint density at radius 1 is 1.07 bits per heavy atom. The standard InChI is InChI=1S/C19H19F4NO4S/c1-27-16-10-14(20)18(11-17(16)28-2)29(25,26)24-9-5-8-15(24)12-6-3-4-7-13(12)19(21,22)23/h3-4,6-7,10-11,15H,5,8-9H2,1-2H3. The zero-order chi connectivity index (χ0) is 21.4. The monoisotopic (exact) mass is 433 g/mol. The normalized spacial score (nSPS) is 18.1. The van der Waals surface area contributed by atoms with E-state index in [1.165, 1.54) is 32.4 Å². The molecule has 0 saturated carbocycles. The summed E-state index contributed by atoms with van der Waals surface area (Å²) >= 11 is 0. The Morgan fingerprint density at radius 2 is 1.69 bits per heavy atom. The van der Waals surface area contributed by atoms with Crippen molar-refractivity contribution in [2.45, 2.75) is 30.0 Å². The first-order chi connectivity index (χ1) is 13.6. The number of benzene rings is 2. The van der Waals surface area contributed by atoms with Gasteiger partial charge in [-0.05, 0) is 24.5 Å². The fourth-order valence-corrected chi connectivity index (χ4v) is 5.28. The van der Waals surface area contributed by atoms with Crippen LogP contribution in [0.25, 0.3) is 0 Å². The number of nitrogens with zero attached hydrogens (tertiary/aromatic N) is 1. The molecule has 2 aromatic rings. The van der Waals surface area contributed by atoms with E-state index in [4.69, 9.17) is 9.47 Å². The molecule has 1 aliphatic rings. The molecular weight excluding hydrogens is 414 g/mol. The molecule has 5 nitrogen and oxygen atoms in total. The van der Waals surface area contributed by atoms with E-state index < -0.39 is 38.5 Å². The second kappa shape index (κ2) is 7.83.